The predicted molar refractivity (Wildman–Crippen MR) is 147 cm³/mol. The Bertz CT molecular complexity index is 1470. The summed E-state index contributed by atoms with van der Waals surface area (Å²) >= 11 is 0. The van der Waals surface area contributed by atoms with Crippen LogP contribution < -0.4 is 14.8 Å². The van der Waals surface area contributed by atoms with E-state index in [1.165, 1.54) is 12.1 Å². The van der Waals surface area contributed by atoms with Crippen LogP contribution in [0.4, 0.5) is 10.1 Å². The number of carbonyl (C=O) groups excluding carboxylic acids is 2. The molecule has 198 valence electrons. The van der Waals surface area contributed by atoms with Gasteiger partial charge in [0.15, 0.2) is 0 Å². The number of anilines is 1. The van der Waals surface area contributed by atoms with Crippen LogP contribution in [-0.2, 0) is 11.3 Å². The van der Waals surface area contributed by atoms with E-state index in [4.69, 9.17) is 9.47 Å². The van der Waals surface area contributed by atoms with Crippen molar-refractivity contribution in [1.29, 1.82) is 0 Å². The van der Waals surface area contributed by atoms with Crippen molar-refractivity contribution in [2.45, 2.75) is 25.4 Å². The molecule has 6 nitrogen and oxygen atoms in total. The summed E-state index contributed by atoms with van der Waals surface area (Å²) in [7, 11) is 1.59. The normalized spacial score (nSPS) is 16.4. The molecule has 2 amide bonds. The molecule has 1 heterocycles. The maximum Gasteiger partial charge on any atom is 0.255 e. The van der Waals surface area contributed by atoms with Gasteiger partial charge in [-0.25, -0.2) is 4.39 Å². The number of carbonyl (C=O) groups is 2. The Morgan fingerprint density at radius 2 is 1.62 bits per heavy atom. The van der Waals surface area contributed by atoms with Crippen LogP contribution in [0.1, 0.15) is 45.9 Å². The molecule has 0 unspecified atom stereocenters. The Morgan fingerprint density at radius 3 is 2.33 bits per heavy atom. The lowest BCUT2D eigenvalue weighted by atomic mass is 9.79. The van der Waals surface area contributed by atoms with Gasteiger partial charge in [-0.15, -0.1) is 0 Å². The SMILES string of the molecule is CCOc1ccccc1NC(=O)[C@H]1c2ccccc2C(=O)N(Cc2ccc(F)cc2)[C@H]1c1ccc(OC)cc1. The molecule has 0 aromatic heterocycles. The molecule has 5 rings (SSSR count). The summed E-state index contributed by atoms with van der Waals surface area (Å²) in [6, 6.07) is 27.3. The number of nitrogens with one attached hydrogen (secondary N) is 1. The van der Waals surface area contributed by atoms with E-state index in [0.717, 1.165) is 11.1 Å². The highest BCUT2D eigenvalue weighted by molar-refractivity contribution is 6.04. The van der Waals surface area contributed by atoms with E-state index in [1.807, 2.05) is 55.5 Å². The predicted octanol–water partition coefficient (Wildman–Crippen LogP) is 6.35. The fourth-order valence-electron chi connectivity index (χ4n) is 5.07. The molecule has 0 bridgehead atoms. The largest absolute Gasteiger partial charge is 0.497 e. The fourth-order valence-corrected chi connectivity index (χ4v) is 5.07. The van der Waals surface area contributed by atoms with Gasteiger partial charge in [0, 0.05) is 12.1 Å². The number of hydrogen-bond acceptors (Lipinski definition) is 4. The summed E-state index contributed by atoms with van der Waals surface area (Å²) in [5.41, 5.74) is 3.19. The molecule has 0 saturated heterocycles. The molecule has 7 heteroatoms. The van der Waals surface area contributed by atoms with E-state index >= 15 is 0 Å². The van der Waals surface area contributed by atoms with Crippen molar-refractivity contribution in [2.24, 2.45) is 0 Å². The van der Waals surface area contributed by atoms with Crippen LogP contribution in [0.3, 0.4) is 0 Å². The summed E-state index contributed by atoms with van der Waals surface area (Å²) < 4.78 is 24.7. The highest BCUT2D eigenvalue weighted by Crippen LogP contribution is 2.44. The van der Waals surface area contributed by atoms with Gasteiger partial charge in [0.25, 0.3) is 5.91 Å². The number of nitrogens with zero attached hydrogens (tertiary/aromatic N) is 1. The zero-order valence-electron chi connectivity index (χ0n) is 21.8. The van der Waals surface area contributed by atoms with Gasteiger partial charge in [0.1, 0.15) is 17.3 Å². The first-order chi connectivity index (χ1) is 19.0. The number of amides is 2. The van der Waals surface area contributed by atoms with Gasteiger partial charge in [-0.05, 0) is 66.1 Å². The zero-order chi connectivity index (χ0) is 27.4. The molecule has 2 atom stereocenters. The van der Waals surface area contributed by atoms with Gasteiger partial charge < -0.3 is 19.7 Å². The summed E-state index contributed by atoms with van der Waals surface area (Å²) in [4.78, 5) is 29.8. The number of rotatable bonds is 8. The van der Waals surface area contributed by atoms with Crippen molar-refractivity contribution in [3.8, 4) is 11.5 Å². The highest BCUT2D eigenvalue weighted by atomic mass is 19.1. The number of para-hydroxylation sites is 2. The topological polar surface area (TPSA) is 67.9 Å². The Morgan fingerprint density at radius 1 is 0.923 bits per heavy atom. The number of halogens is 1. The molecule has 0 spiro atoms. The lowest BCUT2D eigenvalue weighted by molar-refractivity contribution is -0.119. The Balaban J connectivity index is 1.63. The summed E-state index contributed by atoms with van der Waals surface area (Å²) in [6.45, 7) is 2.53. The van der Waals surface area contributed by atoms with Crippen molar-refractivity contribution in [2.75, 3.05) is 19.0 Å². The van der Waals surface area contributed by atoms with Crippen LogP contribution >= 0.6 is 0 Å². The van der Waals surface area contributed by atoms with E-state index in [2.05, 4.69) is 5.32 Å². The van der Waals surface area contributed by atoms with E-state index < -0.39 is 12.0 Å². The van der Waals surface area contributed by atoms with Crippen molar-refractivity contribution in [1.82, 2.24) is 4.90 Å². The molecule has 4 aromatic carbocycles. The van der Waals surface area contributed by atoms with E-state index in [9.17, 15) is 14.0 Å². The first kappa shape index (κ1) is 26.0. The maximum atomic E-state index is 14.2. The smallest absolute Gasteiger partial charge is 0.255 e. The van der Waals surface area contributed by atoms with Gasteiger partial charge in [0.2, 0.25) is 5.91 Å². The van der Waals surface area contributed by atoms with Crippen LogP contribution in [0.25, 0.3) is 0 Å². The molecule has 4 aromatic rings. The highest BCUT2D eigenvalue weighted by Gasteiger charge is 2.44. The van der Waals surface area contributed by atoms with Gasteiger partial charge in [-0.1, -0.05) is 54.6 Å². The Labute approximate surface area is 227 Å². The van der Waals surface area contributed by atoms with Crippen LogP contribution in [-0.4, -0.2) is 30.4 Å². The molecule has 1 N–H and O–H groups in total. The maximum absolute atomic E-state index is 14.2. The first-order valence-electron chi connectivity index (χ1n) is 12.8. The minimum atomic E-state index is -0.734. The molecular weight excluding hydrogens is 495 g/mol. The van der Waals surface area contributed by atoms with Crippen molar-refractivity contribution >= 4 is 17.5 Å². The van der Waals surface area contributed by atoms with Crippen LogP contribution in [0.5, 0.6) is 11.5 Å². The third-order valence-electron chi connectivity index (χ3n) is 6.89. The average Bonchev–Trinajstić information content (AvgIpc) is 2.96. The lowest BCUT2D eigenvalue weighted by Crippen LogP contribution is -2.45. The van der Waals surface area contributed by atoms with Gasteiger partial charge in [-0.2, -0.15) is 0 Å². The number of hydrogen-bond donors (Lipinski definition) is 1. The third kappa shape index (κ3) is 5.34. The third-order valence-corrected chi connectivity index (χ3v) is 6.89. The van der Waals surface area contributed by atoms with Crippen LogP contribution in [0, 0.1) is 5.82 Å². The minimum Gasteiger partial charge on any atom is -0.497 e. The van der Waals surface area contributed by atoms with E-state index in [1.54, 1.807) is 48.4 Å². The molecular formula is C32H29FN2O4. The minimum absolute atomic E-state index is 0.198. The van der Waals surface area contributed by atoms with E-state index in [-0.39, 0.29) is 24.2 Å². The molecule has 1 aliphatic heterocycles. The molecule has 1 aliphatic rings. The standard InChI is InChI=1S/C32H29FN2O4/c1-3-39-28-11-7-6-10-27(28)34-31(36)29-25-8-4-5-9-26(25)32(37)35(20-21-12-16-23(33)17-13-21)30(29)22-14-18-24(38-2)19-15-22/h4-19,29-30H,3,20H2,1-2H3,(H,34,36)/t29-,30-/m0/s1. The monoisotopic (exact) mass is 524 g/mol. The summed E-state index contributed by atoms with van der Waals surface area (Å²) in [6.07, 6.45) is 0. The van der Waals surface area contributed by atoms with Crippen molar-refractivity contribution < 1.29 is 23.5 Å². The molecule has 0 fully saturated rings. The van der Waals surface area contributed by atoms with Crippen LogP contribution in [0.15, 0.2) is 97.1 Å². The summed E-state index contributed by atoms with van der Waals surface area (Å²) in [5, 5.41) is 3.06. The molecule has 0 aliphatic carbocycles. The first-order valence-corrected chi connectivity index (χ1v) is 12.8. The average molecular weight is 525 g/mol. The van der Waals surface area contributed by atoms with Gasteiger partial charge in [-0.3, -0.25) is 9.59 Å². The van der Waals surface area contributed by atoms with Crippen molar-refractivity contribution in [3.63, 3.8) is 0 Å². The molecule has 0 radical (unpaired) electrons. The molecule has 0 saturated carbocycles. The van der Waals surface area contributed by atoms with Gasteiger partial charge in [0.05, 0.1) is 31.4 Å². The van der Waals surface area contributed by atoms with E-state index in [0.29, 0.717) is 34.9 Å². The second kappa shape index (κ2) is 11.4. The number of ether oxygens (including phenoxy) is 2. The lowest BCUT2D eigenvalue weighted by Gasteiger charge is -2.42. The quantitative estimate of drug-likeness (QED) is 0.292. The molecule has 39 heavy (non-hydrogen) atoms. The van der Waals surface area contributed by atoms with Crippen molar-refractivity contribution in [3.05, 3.63) is 125 Å². The summed E-state index contributed by atoms with van der Waals surface area (Å²) in [5.74, 6) is -0.328. The number of benzene rings is 4. The van der Waals surface area contributed by atoms with Crippen LogP contribution in [0.2, 0.25) is 0 Å². The zero-order valence-corrected chi connectivity index (χ0v) is 21.8. The Kier molecular flexibility index (Phi) is 7.59. The van der Waals surface area contributed by atoms with Gasteiger partial charge >= 0.3 is 0 Å². The second-order valence-electron chi connectivity index (χ2n) is 9.26. The Hall–Kier alpha value is -4.65. The second-order valence-corrected chi connectivity index (χ2v) is 9.26. The number of methoxy groups -OCH3 is 1. The number of fused-ring (bicyclic) bond motifs is 1. The fraction of sp³-hybridized carbons (Fsp3) is 0.188.